The van der Waals surface area contributed by atoms with Crippen LogP contribution >= 0.6 is 0 Å². The molecule has 2 aromatic carbocycles. The van der Waals surface area contributed by atoms with Gasteiger partial charge in [0.15, 0.2) is 0 Å². The summed E-state index contributed by atoms with van der Waals surface area (Å²) in [5.74, 6) is -0.0543. The number of rotatable bonds is 7. The Labute approximate surface area is 167 Å². The Bertz CT molecular complexity index is 749. The van der Waals surface area contributed by atoms with Gasteiger partial charge in [-0.1, -0.05) is 48.5 Å². The largest absolute Gasteiger partial charge is 0.356 e. The molecule has 1 heterocycles. The first kappa shape index (κ1) is 19.9. The molecular weight excluding hydrogens is 350 g/mol. The molecular formula is C23H29N3O2. The Hall–Kier alpha value is -2.82. The lowest BCUT2D eigenvalue weighted by Crippen LogP contribution is -2.47. The van der Waals surface area contributed by atoms with E-state index >= 15 is 0 Å². The van der Waals surface area contributed by atoms with Gasteiger partial charge in [0.2, 0.25) is 5.91 Å². The monoisotopic (exact) mass is 379 g/mol. The Kier molecular flexibility index (Phi) is 7.47. The number of carbonyl (C=O) groups is 2. The fourth-order valence-corrected chi connectivity index (χ4v) is 3.55. The van der Waals surface area contributed by atoms with Crippen LogP contribution in [0.3, 0.4) is 0 Å². The van der Waals surface area contributed by atoms with Gasteiger partial charge >= 0.3 is 6.03 Å². The molecule has 0 spiro atoms. The first-order valence-corrected chi connectivity index (χ1v) is 10.1. The molecule has 1 aliphatic heterocycles. The lowest BCUT2D eigenvalue weighted by molar-refractivity contribution is -0.126. The van der Waals surface area contributed by atoms with Crippen LogP contribution in [0.1, 0.15) is 31.2 Å². The number of benzene rings is 2. The number of aryl methyl sites for hydroxylation is 1. The topological polar surface area (TPSA) is 61.4 Å². The third-order valence-electron chi connectivity index (χ3n) is 5.14. The van der Waals surface area contributed by atoms with Crippen LogP contribution in [0.4, 0.5) is 10.5 Å². The molecule has 3 amide bonds. The van der Waals surface area contributed by atoms with Crippen LogP contribution in [0.15, 0.2) is 60.7 Å². The number of urea groups is 1. The summed E-state index contributed by atoms with van der Waals surface area (Å²) in [5, 5.41) is 5.95. The number of nitrogens with one attached hydrogen (secondary N) is 2. The van der Waals surface area contributed by atoms with Crippen molar-refractivity contribution in [2.75, 3.05) is 25.0 Å². The van der Waals surface area contributed by atoms with Crippen molar-refractivity contribution in [3.05, 3.63) is 66.2 Å². The third-order valence-corrected chi connectivity index (χ3v) is 5.14. The summed E-state index contributed by atoms with van der Waals surface area (Å²) in [7, 11) is 0. The number of para-hydroxylation sites is 1. The van der Waals surface area contributed by atoms with E-state index in [1.807, 2.05) is 36.4 Å². The summed E-state index contributed by atoms with van der Waals surface area (Å²) in [6, 6.07) is 19.7. The highest BCUT2D eigenvalue weighted by Crippen LogP contribution is 2.18. The summed E-state index contributed by atoms with van der Waals surface area (Å²) in [4.78, 5) is 26.7. The van der Waals surface area contributed by atoms with Gasteiger partial charge in [0, 0.05) is 25.3 Å². The van der Waals surface area contributed by atoms with Gasteiger partial charge in [-0.3, -0.25) is 4.79 Å². The fourth-order valence-electron chi connectivity index (χ4n) is 3.55. The van der Waals surface area contributed by atoms with Crippen molar-refractivity contribution in [2.24, 2.45) is 5.92 Å². The molecule has 148 valence electrons. The van der Waals surface area contributed by atoms with E-state index in [0.29, 0.717) is 19.6 Å². The number of nitrogens with zero attached hydrogens (tertiary/aromatic N) is 1. The normalized spacial score (nSPS) is 16.4. The minimum Gasteiger partial charge on any atom is -0.356 e. The summed E-state index contributed by atoms with van der Waals surface area (Å²) >= 11 is 0. The van der Waals surface area contributed by atoms with E-state index in [1.165, 1.54) is 5.56 Å². The molecule has 0 bridgehead atoms. The van der Waals surface area contributed by atoms with Gasteiger partial charge in [-0.05, 0) is 49.8 Å². The van der Waals surface area contributed by atoms with E-state index in [9.17, 15) is 9.59 Å². The molecule has 3 rings (SSSR count). The van der Waals surface area contributed by atoms with Crippen LogP contribution in [0.5, 0.6) is 0 Å². The molecule has 1 saturated heterocycles. The summed E-state index contributed by atoms with van der Waals surface area (Å²) in [5.41, 5.74) is 2.11. The molecule has 0 saturated carbocycles. The molecule has 28 heavy (non-hydrogen) atoms. The fraction of sp³-hybridized carbons (Fsp3) is 0.391. The van der Waals surface area contributed by atoms with Gasteiger partial charge in [-0.2, -0.15) is 0 Å². The standard InChI is InChI=1S/C23H29N3O2/c27-22(24-16-8-7-12-19-10-3-1-4-11-19)20-13-9-17-26(18-20)23(28)25-21-14-5-2-6-15-21/h1-6,10-11,14-15,20H,7-9,12-13,16-18H2,(H,24,27)(H,25,28). The average molecular weight is 380 g/mol. The summed E-state index contributed by atoms with van der Waals surface area (Å²) in [6.07, 6.45) is 4.75. The molecule has 2 N–H and O–H groups in total. The van der Waals surface area contributed by atoms with Gasteiger partial charge in [0.05, 0.1) is 5.92 Å². The Balaban J connectivity index is 1.37. The number of anilines is 1. The highest BCUT2D eigenvalue weighted by molar-refractivity contribution is 5.90. The average Bonchev–Trinajstić information content (AvgIpc) is 2.75. The molecule has 1 aliphatic rings. The lowest BCUT2D eigenvalue weighted by Gasteiger charge is -2.32. The molecule has 1 fully saturated rings. The van der Waals surface area contributed by atoms with Crippen molar-refractivity contribution >= 4 is 17.6 Å². The molecule has 1 unspecified atom stereocenters. The van der Waals surface area contributed by atoms with Crippen LogP contribution in [0, 0.1) is 5.92 Å². The van der Waals surface area contributed by atoms with E-state index in [2.05, 4.69) is 34.9 Å². The molecule has 0 aliphatic carbocycles. The van der Waals surface area contributed by atoms with Crippen LogP contribution in [0.25, 0.3) is 0 Å². The number of carbonyl (C=O) groups excluding carboxylic acids is 2. The SMILES string of the molecule is O=C(NCCCCc1ccccc1)C1CCCN(C(=O)Nc2ccccc2)C1. The quantitative estimate of drug-likeness (QED) is 0.713. The molecule has 0 radical (unpaired) electrons. The van der Waals surface area contributed by atoms with E-state index < -0.39 is 0 Å². The van der Waals surface area contributed by atoms with Crippen molar-refractivity contribution < 1.29 is 9.59 Å². The van der Waals surface area contributed by atoms with Gasteiger partial charge < -0.3 is 15.5 Å². The molecule has 5 nitrogen and oxygen atoms in total. The highest BCUT2D eigenvalue weighted by atomic mass is 16.2. The van der Waals surface area contributed by atoms with Crippen molar-refractivity contribution in [1.82, 2.24) is 10.2 Å². The van der Waals surface area contributed by atoms with Gasteiger partial charge in [0.1, 0.15) is 0 Å². The smallest absolute Gasteiger partial charge is 0.321 e. The predicted molar refractivity (Wildman–Crippen MR) is 112 cm³/mol. The van der Waals surface area contributed by atoms with E-state index in [-0.39, 0.29) is 17.9 Å². The van der Waals surface area contributed by atoms with Crippen molar-refractivity contribution in [3.8, 4) is 0 Å². The number of hydrogen-bond donors (Lipinski definition) is 2. The second-order valence-electron chi connectivity index (χ2n) is 7.32. The minimum absolute atomic E-state index is 0.0666. The zero-order valence-electron chi connectivity index (χ0n) is 16.3. The minimum atomic E-state index is -0.133. The van der Waals surface area contributed by atoms with E-state index in [1.54, 1.807) is 4.90 Å². The van der Waals surface area contributed by atoms with E-state index in [0.717, 1.165) is 37.8 Å². The van der Waals surface area contributed by atoms with Crippen molar-refractivity contribution in [2.45, 2.75) is 32.1 Å². The first-order valence-electron chi connectivity index (χ1n) is 10.1. The van der Waals surface area contributed by atoms with Gasteiger partial charge in [0.25, 0.3) is 0 Å². The van der Waals surface area contributed by atoms with Crippen molar-refractivity contribution in [3.63, 3.8) is 0 Å². The second kappa shape index (κ2) is 10.5. The zero-order chi connectivity index (χ0) is 19.6. The number of likely N-dealkylation sites (tertiary alicyclic amines) is 1. The number of hydrogen-bond acceptors (Lipinski definition) is 2. The lowest BCUT2D eigenvalue weighted by atomic mass is 9.97. The van der Waals surface area contributed by atoms with Crippen LogP contribution < -0.4 is 10.6 Å². The summed E-state index contributed by atoms with van der Waals surface area (Å²) < 4.78 is 0. The third kappa shape index (κ3) is 6.12. The van der Waals surface area contributed by atoms with Gasteiger partial charge in [-0.15, -0.1) is 0 Å². The van der Waals surface area contributed by atoms with Crippen LogP contribution in [-0.4, -0.2) is 36.5 Å². The second-order valence-corrected chi connectivity index (χ2v) is 7.32. The molecule has 1 atom stereocenters. The first-order chi connectivity index (χ1) is 13.7. The molecule has 5 heteroatoms. The maximum Gasteiger partial charge on any atom is 0.321 e. The number of amides is 3. The Morgan fingerprint density at radius 3 is 2.43 bits per heavy atom. The molecule has 2 aromatic rings. The maximum atomic E-state index is 12.5. The van der Waals surface area contributed by atoms with E-state index in [4.69, 9.17) is 0 Å². The highest BCUT2D eigenvalue weighted by Gasteiger charge is 2.28. The molecule has 0 aromatic heterocycles. The Morgan fingerprint density at radius 2 is 1.68 bits per heavy atom. The number of piperidine rings is 1. The van der Waals surface area contributed by atoms with Crippen molar-refractivity contribution in [1.29, 1.82) is 0 Å². The maximum absolute atomic E-state index is 12.5. The summed E-state index contributed by atoms with van der Waals surface area (Å²) in [6.45, 7) is 1.87. The zero-order valence-corrected chi connectivity index (χ0v) is 16.3. The predicted octanol–water partition coefficient (Wildman–Crippen LogP) is 4.07. The van der Waals surface area contributed by atoms with Gasteiger partial charge in [-0.25, -0.2) is 4.79 Å². The Morgan fingerprint density at radius 1 is 0.964 bits per heavy atom. The number of unbranched alkanes of at least 4 members (excludes halogenated alkanes) is 1. The van der Waals surface area contributed by atoms with Crippen LogP contribution in [0.2, 0.25) is 0 Å². The van der Waals surface area contributed by atoms with Crippen LogP contribution in [-0.2, 0) is 11.2 Å².